The summed E-state index contributed by atoms with van der Waals surface area (Å²) < 4.78 is 68.5. The molecule has 0 fully saturated rings. The van der Waals surface area contributed by atoms with Gasteiger partial charge in [0.2, 0.25) is 0 Å². The third-order valence-electron chi connectivity index (χ3n) is 17.9. The van der Waals surface area contributed by atoms with Gasteiger partial charge < -0.3 is 33.8 Å². The van der Waals surface area contributed by atoms with E-state index in [0.717, 1.165) is 114 Å². The van der Waals surface area contributed by atoms with Crippen molar-refractivity contribution in [2.24, 2.45) is 23.7 Å². The zero-order chi connectivity index (χ0) is 70.3. The normalized spacial score (nSPS) is 14.4. The Kier molecular flexibility index (Phi) is 64.0. The summed E-state index contributed by atoms with van der Waals surface area (Å²) in [6.45, 7) is 14.2. The summed E-state index contributed by atoms with van der Waals surface area (Å²) in [4.78, 5) is 72.8. The molecule has 564 valence electrons. The van der Waals surface area contributed by atoms with E-state index in [0.29, 0.717) is 31.6 Å². The Bertz CT molecular complexity index is 1870. The number of carbonyl (C=O) groups is 4. The van der Waals surface area contributed by atoms with E-state index in [1.165, 1.54) is 180 Å². The number of aliphatic hydroxyl groups excluding tert-OH is 1. The van der Waals surface area contributed by atoms with Crippen LogP contribution in [0.4, 0.5) is 0 Å². The van der Waals surface area contributed by atoms with E-state index in [2.05, 4.69) is 55.4 Å². The minimum absolute atomic E-state index is 0.104. The molecule has 17 nitrogen and oxygen atoms in total. The highest BCUT2D eigenvalue weighted by Gasteiger charge is 2.30. The quantitative estimate of drug-likeness (QED) is 0.0222. The lowest BCUT2D eigenvalue weighted by molar-refractivity contribution is -0.161. The van der Waals surface area contributed by atoms with Gasteiger partial charge in [-0.15, -0.1) is 0 Å². The average Bonchev–Trinajstić information content (AvgIpc) is 1.24. The van der Waals surface area contributed by atoms with E-state index in [4.69, 9.17) is 37.0 Å². The second-order valence-corrected chi connectivity index (χ2v) is 32.0. The third-order valence-corrected chi connectivity index (χ3v) is 19.8. The largest absolute Gasteiger partial charge is 0.472 e. The molecular formula is C76H148O17P2. The summed E-state index contributed by atoms with van der Waals surface area (Å²) in [6, 6.07) is 0. The van der Waals surface area contributed by atoms with Gasteiger partial charge in [-0.3, -0.25) is 37.3 Å². The van der Waals surface area contributed by atoms with Gasteiger partial charge in [0, 0.05) is 25.7 Å². The van der Waals surface area contributed by atoms with Crippen LogP contribution in [0.1, 0.15) is 383 Å². The van der Waals surface area contributed by atoms with Crippen molar-refractivity contribution in [3.05, 3.63) is 0 Å². The number of hydrogen-bond donors (Lipinski definition) is 3. The van der Waals surface area contributed by atoms with Crippen molar-refractivity contribution in [3.63, 3.8) is 0 Å². The lowest BCUT2D eigenvalue weighted by atomic mass is 9.99. The number of carbonyl (C=O) groups excluding carboxylic acids is 4. The van der Waals surface area contributed by atoms with E-state index < -0.39 is 97.5 Å². The first-order chi connectivity index (χ1) is 45.6. The van der Waals surface area contributed by atoms with E-state index in [1.54, 1.807) is 0 Å². The van der Waals surface area contributed by atoms with Gasteiger partial charge in [0.25, 0.3) is 0 Å². The van der Waals surface area contributed by atoms with Gasteiger partial charge in [0.15, 0.2) is 12.2 Å². The molecule has 0 saturated carbocycles. The summed E-state index contributed by atoms with van der Waals surface area (Å²) in [5, 5.41) is 10.6. The molecule has 0 rings (SSSR count). The molecule has 3 unspecified atom stereocenters. The monoisotopic (exact) mass is 1400 g/mol. The fourth-order valence-electron chi connectivity index (χ4n) is 11.5. The number of phosphoric ester groups is 2. The van der Waals surface area contributed by atoms with Gasteiger partial charge >= 0.3 is 39.5 Å². The number of rotatable bonds is 73. The molecule has 0 aliphatic rings. The molecule has 0 bridgehead atoms. The van der Waals surface area contributed by atoms with Gasteiger partial charge in [-0.05, 0) is 49.4 Å². The molecule has 0 saturated heterocycles. The van der Waals surface area contributed by atoms with E-state index in [-0.39, 0.29) is 25.7 Å². The van der Waals surface area contributed by atoms with Crippen molar-refractivity contribution in [1.82, 2.24) is 0 Å². The Morgan fingerprint density at radius 1 is 0.295 bits per heavy atom. The van der Waals surface area contributed by atoms with E-state index >= 15 is 0 Å². The summed E-state index contributed by atoms with van der Waals surface area (Å²) in [6.07, 6.45) is 50.1. The van der Waals surface area contributed by atoms with Crippen LogP contribution in [0, 0.1) is 23.7 Å². The first kappa shape index (κ1) is 93.1. The van der Waals surface area contributed by atoms with Crippen LogP contribution >= 0.6 is 15.6 Å². The Hall–Kier alpha value is -1.94. The van der Waals surface area contributed by atoms with Crippen LogP contribution in [-0.2, 0) is 65.4 Å². The van der Waals surface area contributed by atoms with Crippen molar-refractivity contribution >= 4 is 39.5 Å². The molecular weight excluding hydrogens is 1250 g/mol. The number of esters is 4. The average molecular weight is 1400 g/mol. The molecule has 19 heteroatoms. The molecule has 6 atom stereocenters. The zero-order valence-corrected chi connectivity index (χ0v) is 64.1. The second-order valence-electron chi connectivity index (χ2n) is 29.1. The summed E-state index contributed by atoms with van der Waals surface area (Å²) in [7, 11) is -9.91. The van der Waals surface area contributed by atoms with Crippen LogP contribution in [0.25, 0.3) is 0 Å². The van der Waals surface area contributed by atoms with Crippen molar-refractivity contribution in [2.75, 3.05) is 39.6 Å². The Morgan fingerprint density at radius 2 is 0.505 bits per heavy atom. The van der Waals surface area contributed by atoms with Crippen LogP contribution in [0.15, 0.2) is 0 Å². The van der Waals surface area contributed by atoms with Crippen LogP contribution in [-0.4, -0.2) is 96.7 Å². The Balaban J connectivity index is 5.23. The van der Waals surface area contributed by atoms with Crippen molar-refractivity contribution in [1.29, 1.82) is 0 Å². The SMILES string of the molecule is CCC(C)CCCCCCCCCCC(=O)O[C@H](COC(=O)CCCCCCCCC(C)C)COP(=O)(O)OC[C@H](O)COP(=O)(O)OC[C@@H](COC(=O)CCCCCCCCCCCCCCCCCC(C)C)OC(=O)CCCCCCCCCCCCCCCC(C)C. The lowest BCUT2D eigenvalue weighted by Crippen LogP contribution is -2.30. The van der Waals surface area contributed by atoms with Crippen LogP contribution in [0.3, 0.4) is 0 Å². The van der Waals surface area contributed by atoms with Crippen molar-refractivity contribution in [2.45, 2.75) is 401 Å². The van der Waals surface area contributed by atoms with Gasteiger partial charge in [-0.2, -0.15) is 0 Å². The van der Waals surface area contributed by atoms with Gasteiger partial charge in [-0.25, -0.2) is 9.13 Å². The van der Waals surface area contributed by atoms with E-state index in [1.807, 2.05) is 0 Å². The molecule has 0 aliphatic carbocycles. The summed E-state index contributed by atoms with van der Waals surface area (Å²) >= 11 is 0. The minimum Gasteiger partial charge on any atom is -0.462 e. The molecule has 0 aromatic rings. The zero-order valence-electron chi connectivity index (χ0n) is 62.3. The molecule has 0 heterocycles. The molecule has 0 aliphatic heterocycles. The van der Waals surface area contributed by atoms with Crippen molar-refractivity contribution < 1.29 is 80.2 Å². The molecule has 3 N–H and O–H groups in total. The van der Waals surface area contributed by atoms with Crippen LogP contribution in [0.5, 0.6) is 0 Å². The highest BCUT2D eigenvalue weighted by Crippen LogP contribution is 2.45. The third kappa shape index (κ3) is 69.0. The first-order valence-electron chi connectivity index (χ1n) is 39.2. The number of ether oxygens (including phenoxy) is 4. The molecule has 95 heavy (non-hydrogen) atoms. The second kappa shape index (κ2) is 65.4. The highest BCUT2D eigenvalue weighted by molar-refractivity contribution is 7.47. The molecule has 0 aromatic heterocycles. The number of unbranched alkanes of at least 4 members (excludes halogenated alkanes) is 38. The summed E-state index contributed by atoms with van der Waals surface area (Å²) in [5.74, 6) is 0.918. The fraction of sp³-hybridized carbons (Fsp3) is 0.947. The number of phosphoric acid groups is 2. The Labute approximate surface area is 581 Å². The predicted octanol–water partition coefficient (Wildman–Crippen LogP) is 22.0. The molecule has 0 radical (unpaired) electrons. The van der Waals surface area contributed by atoms with Crippen LogP contribution in [0.2, 0.25) is 0 Å². The minimum atomic E-state index is -4.96. The topological polar surface area (TPSA) is 237 Å². The highest BCUT2D eigenvalue weighted by atomic mass is 31.2. The van der Waals surface area contributed by atoms with Crippen molar-refractivity contribution in [3.8, 4) is 0 Å². The number of hydrogen-bond acceptors (Lipinski definition) is 15. The maximum absolute atomic E-state index is 13.1. The fourth-order valence-corrected chi connectivity index (χ4v) is 13.1. The lowest BCUT2D eigenvalue weighted by Gasteiger charge is -2.21. The summed E-state index contributed by atoms with van der Waals surface area (Å²) in [5.41, 5.74) is 0. The first-order valence-corrected chi connectivity index (χ1v) is 42.2. The maximum atomic E-state index is 13.1. The van der Waals surface area contributed by atoms with E-state index in [9.17, 15) is 43.2 Å². The van der Waals surface area contributed by atoms with Gasteiger partial charge in [0.05, 0.1) is 26.4 Å². The van der Waals surface area contributed by atoms with Crippen LogP contribution < -0.4 is 0 Å². The molecule has 0 spiro atoms. The standard InChI is InChI=1S/C76H148O17P2/c1-9-69(8)55-47-39-30-26-27-33-43-51-59-76(81)93-72(63-87-74(79)57-49-41-35-34-38-46-54-68(6)7)65-91-95(84,85)89-61-70(77)60-88-94(82,83)90-64-71(92-75(80)58-50-42-32-25-21-17-13-15-19-23-29-37-45-53-67(4)5)62-86-73(78)56-48-40-31-24-20-16-12-10-11-14-18-22-28-36-44-52-66(2)3/h66-72,77H,9-65H2,1-8H3,(H,82,83)(H,84,85)/t69?,70-,71-,72-/m1/s1. The molecule has 0 aromatic carbocycles. The predicted molar refractivity (Wildman–Crippen MR) is 386 cm³/mol. The van der Waals surface area contributed by atoms with Gasteiger partial charge in [-0.1, -0.05) is 331 Å². The van der Waals surface area contributed by atoms with Gasteiger partial charge in [0.1, 0.15) is 19.3 Å². The Morgan fingerprint density at radius 3 is 0.747 bits per heavy atom. The molecule has 0 amide bonds. The smallest absolute Gasteiger partial charge is 0.462 e. The number of aliphatic hydroxyl groups is 1. The maximum Gasteiger partial charge on any atom is 0.472 e.